The summed E-state index contributed by atoms with van der Waals surface area (Å²) in [4.78, 5) is 0. The molecular formula is C17H10B4Br2O4. The van der Waals surface area contributed by atoms with Crippen LogP contribution in [0.3, 0.4) is 0 Å². The van der Waals surface area contributed by atoms with E-state index in [4.69, 9.17) is 35.8 Å². The zero-order valence-corrected chi connectivity index (χ0v) is 17.3. The number of hydrogen-bond donors (Lipinski definition) is 3. The summed E-state index contributed by atoms with van der Waals surface area (Å²) in [6.45, 7) is 1.48. The first-order valence-electron chi connectivity index (χ1n) is 7.78. The van der Waals surface area contributed by atoms with E-state index in [0.29, 0.717) is 14.5 Å². The first-order valence-corrected chi connectivity index (χ1v) is 9.36. The quantitative estimate of drug-likeness (QED) is 0.460. The van der Waals surface area contributed by atoms with Crippen molar-refractivity contribution in [3.8, 4) is 5.75 Å². The van der Waals surface area contributed by atoms with Crippen molar-refractivity contribution in [2.45, 2.75) is 19.1 Å². The Hall–Kier alpha value is -1.08. The molecule has 0 aliphatic carbocycles. The lowest BCUT2D eigenvalue weighted by molar-refractivity contribution is 0.160. The van der Waals surface area contributed by atoms with Gasteiger partial charge in [-0.15, -0.1) is 10.9 Å². The Morgan fingerprint density at radius 3 is 1.96 bits per heavy atom. The number of phenolic OH excluding ortho intramolecular Hbond substituents is 1. The molecule has 0 fully saturated rings. The molecular weight excluding hydrogens is 471 g/mol. The maximum atomic E-state index is 11.1. The largest absolute Gasteiger partial charge is 0.506 e. The van der Waals surface area contributed by atoms with Crippen molar-refractivity contribution in [1.29, 1.82) is 0 Å². The standard InChI is InChI=1S/C17H10B4Br2O4/c1-4(24)16-9(14(25)5-2-6(22)15(26)7(23)3-5)8-10(18)11(19)12(20)13(21)17(8)27-16/h2-4,14,24-26H,1H3. The summed E-state index contributed by atoms with van der Waals surface area (Å²) in [6.07, 6.45) is -2.32. The summed E-state index contributed by atoms with van der Waals surface area (Å²) in [5.41, 5.74) is 1.08. The number of aliphatic hydroxyl groups excluding tert-OH is 2. The normalized spacial score (nSPS) is 13.8. The van der Waals surface area contributed by atoms with Gasteiger partial charge in [0.2, 0.25) is 0 Å². The van der Waals surface area contributed by atoms with Gasteiger partial charge in [-0.3, -0.25) is 0 Å². The van der Waals surface area contributed by atoms with Crippen molar-refractivity contribution < 1.29 is 19.7 Å². The van der Waals surface area contributed by atoms with Crippen LogP contribution in [0.25, 0.3) is 11.0 Å². The Morgan fingerprint density at radius 1 is 0.926 bits per heavy atom. The van der Waals surface area contributed by atoms with Crippen LogP contribution in [0.2, 0.25) is 0 Å². The summed E-state index contributed by atoms with van der Waals surface area (Å²) in [7, 11) is 24.0. The molecule has 2 unspecified atom stereocenters. The summed E-state index contributed by atoms with van der Waals surface area (Å²) < 4.78 is 6.45. The SMILES string of the molecule is [B]c1c([B])c([B])c2c(C(O)c3cc(Br)c(O)c(Br)c3)c(C(C)O)oc2c1[B]. The van der Waals surface area contributed by atoms with E-state index in [9.17, 15) is 15.3 Å². The van der Waals surface area contributed by atoms with Gasteiger partial charge in [-0.05, 0) is 56.5 Å². The summed E-state index contributed by atoms with van der Waals surface area (Å²) in [5, 5.41) is 31.4. The lowest BCUT2D eigenvalue weighted by Gasteiger charge is -2.17. The molecule has 0 bridgehead atoms. The maximum absolute atomic E-state index is 11.1. The van der Waals surface area contributed by atoms with Crippen molar-refractivity contribution in [3.63, 3.8) is 0 Å². The average Bonchev–Trinajstić information content (AvgIpc) is 3.02. The van der Waals surface area contributed by atoms with Crippen molar-refractivity contribution in [3.05, 3.63) is 38.0 Å². The second-order valence-corrected chi connectivity index (χ2v) is 7.86. The highest BCUT2D eigenvalue weighted by atomic mass is 79.9. The fourth-order valence-corrected chi connectivity index (χ4v) is 4.18. The molecule has 2 atom stereocenters. The van der Waals surface area contributed by atoms with Gasteiger partial charge in [-0.25, -0.2) is 0 Å². The lowest BCUT2D eigenvalue weighted by Crippen LogP contribution is -2.47. The van der Waals surface area contributed by atoms with Gasteiger partial charge in [-0.2, -0.15) is 0 Å². The van der Waals surface area contributed by atoms with E-state index < -0.39 is 12.2 Å². The molecule has 0 amide bonds. The van der Waals surface area contributed by atoms with Crippen LogP contribution in [0.15, 0.2) is 25.5 Å². The molecule has 3 rings (SSSR count). The van der Waals surface area contributed by atoms with Crippen LogP contribution < -0.4 is 21.9 Å². The van der Waals surface area contributed by atoms with Crippen LogP contribution in [0, 0.1) is 0 Å². The molecule has 0 saturated heterocycles. The molecule has 2 aromatic carbocycles. The molecule has 1 heterocycles. The molecule has 0 aliphatic rings. The minimum absolute atomic E-state index is 0.0143. The third-order valence-electron chi connectivity index (χ3n) is 4.37. The van der Waals surface area contributed by atoms with Crippen LogP contribution in [-0.4, -0.2) is 46.7 Å². The van der Waals surface area contributed by atoms with Gasteiger partial charge in [0.1, 0.15) is 60.7 Å². The van der Waals surface area contributed by atoms with Gasteiger partial charge in [-0.1, -0.05) is 10.9 Å². The number of phenols is 1. The zero-order valence-electron chi connectivity index (χ0n) is 14.1. The minimum atomic E-state index is -1.26. The van der Waals surface area contributed by atoms with Gasteiger partial charge < -0.3 is 19.7 Å². The van der Waals surface area contributed by atoms with Crippen LogP contribution in [0.5, 0.6) is 5.75 Å². The number of halogens is 2. The van der Waals surface area contributed by atoms with Gasteiger partial charge >= 0.3 is 0 Å². The van der Waals surface area contributed by atoms with E-state index in [2.05, 4.69) is 31.9 Å². The van der Waals surface area contributed by atoms with Gasteiger partial charge in [0.15, 0.2) is 0 Å². The van der Waals surface area contributed by atoms with Crippen molar-refractivity contribution in [1.82, 2.24) is 0 Å². The number of rotatable bonds is 3. The number of aromatic hydroxyl groups is 1. The summed E-state index contributed by atoms with van der Waals surface area (Å²) in [6, 6.07) is 3.07. The maximum Gasteiger partial charge on any atom is 0.143 e. The predicted molar refractivity (Wildman–Crippen MR) is 116 cm³/mol. The Balaban J connectivity index is 2.38. The van der Waals surface area contributed by atoms with Crippen molar-refractivity contribution >= 4 is 96.1 Å². The van der Waals surface area contributed by atoms with Gasteiger partial charge in [0.05, 0.1) is 8.95 Å². The predicted octanol–water partition coefficient (Wildman–Crippen LogP) is -0.0264. The zero-order chi connectivity index (χ0) is 20.2. The van der Waals surface area contributed by atoms with Crippen LogP contribution >= 0.6 is 31.9 Å². The summed E-state index contributed by atoms with van der Waals surface area (Å²) >= 11 is 6.46. The average molecular weight is 481 g/mol. The summed E-state index contributed by atoms with van der Waals surface area (Å²) in [5.74, 6) is 0.0701. The molecule has 0 aliphatic heterocycles. The lowest BCUT2D eigenvalue weighted by atomic mass is 9.65. The molecule has 128 valence electrons. The van der Waals surface area contributed by atoms with Crippen LogP contribution in [0.4, 0.5) is 0 Å². The van der Waals surface area contributed by atoms with Crippen LogP contribution in [-0.2, 0) is 0 Å². The Labute approximate surface area is 178 Å². The molecule has 8 radical (unpaired) electrons. The fourth-order valence-electron chi connectivity index (χ4n) is 2.96. The second kappa shape index (κ2) is 7.39. The van der Waals surface area contributed by atoms with Crippen molar-refractivity contribution in [2.75, 3.05) is 0 Å². The third-order valence-corrected chi connectivity index (χ3v) is 5.58. The molecule has 0 saturated carbocycles. The number of benzene rings is 2. The van der Waals surface area contributed by atoms with E-state index in [-0.39, 0.29) is 49.9 Å². The smallest absolute Gasteiger partial charge is 0.143 e. The van der Waals surface area contributed by atoms with E-state index in [0.717, 1.165) is 0 Å². The monoisotopic (exact) mass is 480 g/mol. The molecule has 27 heavy (non-hydrogen) atoms. The molecule has 0 spiro atoms. The Morgan fingerprint density at radius 2 is 1.44 bits per heavy atom. The Kier molecular flexibility index (Phi) is 5.65. The minimum Gasteiger partial charge on any atom is -0.506 e. The first kappa shape index (κ1) is 20.6. The molecule has 4 nitrogen and oxygen atoms in total. The van der Waals surface area contributed by atoms with Crippen molar-refractivity contribution in [2.24, 2.45) is 0 Å². The number of aliphatic hydroxyl groups is 2. The second-order valence-electron chi connectivity index (χ2n) is 6.15. The number of hydrogen-bond acceptors (Lipinski definition) is 4. The van der Waals surface area contributed by atoms with E-state index in [1.54, 1.807) is 0 Å². The Bertz CT molecular complexity index is 1040. The highest BCUT2D eigenvalue weighted by molar-refractivity contribution is 9.11. The van der Waals surface area contributed by atoms with Gasteiger partial charge in [0, 0.05) is 10.9 Å². The van der Waals surface area contributed by atoms with E-state index in [1.807, 2.05) is 0 Å². The van der Waals surface area contributed by atoms with Gasteiger partial charge in [0.25, 0.3) is 0 Å². The van der Waals surface area contributed by atoms with Crippen LogP contribution in [0.1, 0.15) is 36.0 Å². The molecule has 10 heteroatoms. The molecule has 1 aromatic heterocycles. The molecule has 3 aromatic rings. The fraction of sp³-hybridized carbons (Fsp3) is 0.176. The number of fused-ring (bicyclic) bond motifs is 1. The highest BCUT2D eigenvalue weighted by Gasteiger charge is 2.28. The van der Waals surface area contributed by atoms with E-state index >= 15 is 0 Å². The van der Waals surface area contributed by atoms with E-state index in [1.165, 1.54) is 19.1 Å². The third kappa shape index (κ3) is 3.31. The molecule has 3 N–H and O–H groups in total. The highest BCUT2D eigenvalue weighted by Crippen LogP contribution is 2.40. The topological polar surface area (TPSA) is 73.8 Å². The first-order chi connectivity index (χ1) is 12.6. The number of furan rings is 1.